The van der Waals surface area contributed by atoms with Crippen molar-refractivity contribution in [1.29, 1.82) is 0 Å². The second kappa shape index (κ2) is 5.48. The van der Waals surface area contributed by atoms with Crippen molar-refractivity contribution < 1.29 is 23.1 Å². The summed E-state index contributed by atoms with van der Waals surface area (Å²) in [5.41, 5.74) is -0.0586. The number of hydrogen-bond donors (Lipinski definition) is 1. The molecule has 0 aliphatic carbocycles. The first kappa shape index (κ1) is 14.6. The fourth-order valence-electron chi connectivity index (χ4n) is 1.99. The molecule has 2 aromatic carbocycles. The second-order valence-corrected chi connectivity index (χ2v) is 4.57. The first-order valence-electron chi connectivity index (χ1n) is 6.35. The van der Waals surface area contributed by atoms with Crippen LogP contribution in [0.4, 0.5) is 8.78 Å². The fourth-order valence-corrected chi connectivity index (χ4v) is 1.99. The van der Waals surface area contributed by atoms with Crippen molar-refractivity contribution in [3.8, 4) is 17.1 Å². The van der Waals surface area contributed by atoms with Crippen molar-refractivity contribution in [2.45, 2.75) is 0 Å². The molecule has 6 nitrogen and oxygen atoms in total. The third-order valence-electron chi connectivity index (χ3n) is 3.04. The molecule has 1 aromatic heterocycles. The zero-order valence-electron chi connectivity index (χ0n) is 11.4. The van der Waals surface area contributed by atoms with Gasteiger partial charge in [-0.1, -0.05) is 6.07 Å². The third kappa shape index (κ3) is 2.73. The van der Waals surface area contributed by atoms with E-state index in [1.54, 1.807) is 0 Å². The lowest BCUT2D eigenvalue weighted by Gasteiger charge is -2.00. The van der Waals surface area contributed by atoms with Crippen molar-refractivity contribution in [2.24, 2.45) is 0 Å². The van der Waals surface area contributed by atoms with Gasteiger partial charge in [-0.25, -0.2) is 18.4 Å². The summed E-state index contributed by atoms with van der Waals surface area (Å²) in [6, 6.07) is 8.20. The number of benzene rings is 2. The highest BCUT2D eigenvalue weighted by Gasteiger charge is 2.16. The molecule has 116 valence electrons. The predicted octanol–water partition coefficient (Wildman–Crippen LogP) is 2.47. The number of carbonyl (C=O) groups is 1. The van der Waals surface area contributed by atoms with Crippen molar-refractivity contribution >= 4 is 5.97 Å². The number of aromatic carboxylic acids is 1. The Morgan fingerprint density at radius 3 is 2.65 bits per heavy atom. The molecule has 0 bridgehead atoms. The summed E-state index contributed by atoms with van der Waals surface area (Å²) in [4.78, 5) is 22.8. The summed E-state index contributed by atoms with van der Waals surface area (Å²) in [6.07, 6.45) is 0. The van der Waals surface area contributed by atoms with E-state index in [9.17, 15) is 18.4 Å². The molecule has 0 aliphatic rings. The van der Waals surface area contributed by atoms with Gasteiger partial charge in [0.25, 0.3) is 0 Å². The number of carboxylic acids is 1. The Hall–Kier alpha value is -3.29. The van der Waals surface area contributed by atoms with Crippen molar-refractivity contribution in [3.63, 3.8) is 0 Å². The van der Waals surface area contributed by atoms with Crippen LogP contribution in [0, 0.1) is 11.6 Å². The normalized spacial score (nSPS) is 10.7. The summed E-state index contributed by atoms with van der Waals surface area (Å²) < 4.78 is 32.2. The molecule has 3 aromatic rings. The van der Waals surface area contributed by atoms with E-state index in [2.05, 4.69) is 5.10 Å². The Labute approximate surface area is 127 Å². The van der Waals surface area contributed by atoms with Gasteiger partial charge in [0, 0.05) is 11.6 Å². The predicted molar refractivity (Wildman–Crippen MR) is 74.4 cm³/mol. The highest BCUT2D eigenvalue weighted by atomic mass is 19.1. The molecule has 0 amide bonds. The minimum absolute atomic E-state index is 0.0207. The van der Waals surface area contributed by atoms with E-state index in [0.29, 0.717) is 10.7 Å². The first-order chi connectivity index (χ1) is 11.0. The van der Waals surface area contributed by atoms with Gasteiger partial charge in [0.15, 0.2) is 5.82 Å². The van der Waals surface area contributed by atoms with E-state index in [0.717, 1.165) is 12.1 Å². The number of aromatic nitrogens is 2. The lowest BCUT2D eigenvalue weighted by atomic mass is 10.1. The molecule has 3 rings (SSSR count). The van der Waals surface area contributed by atoms with Gasteiger partial charge >= 0.3 is 11.7 Å². The average molecular weight is 318 g/mol. The molecule has 0 radical (unpaired) electrons. The molecule has 1 heterocycles. The topological polar surface area (TPSA) is 85.3 Å². The van der Waals surface area contributed by atoms with Crippen LogP contribution in [0.15, 0.2) is 51.7 Å². The fraction of sp³-hybridized carbons (Fsp3) is 0. The molecular formula is C15H8F2N2O4. The molecule has 0 spiro atoms. The highest BCUT2D eigenvalue weighted by molar-refractivity contribution is 5.88. The lowest BCUT2D eigenvalue weighted by molar-refractivity contribution is 0.0697. The quantitative estimate of drug-likeness (QED) is 0.802. The van der Waals surface area contributed by atoms with E-state index in [4.69, 9.17) is 9.52 Å². The summed E-state index contributed by atoms with van der Waals surface area (Å²) in [7, 11) is 0. The van der Waals surface area contributed by atoms with Gasteiger partial charge in [0.1, 0.15) is 11.5 Å². The summed E-state index contributed by atoms with van der Waals surface area (Å²) in [5, 5.41) is 12.8. The molecule has 0 saturated carbocycles. The molecule has 0 unspecified atom stereocenters. The smallest absolute Gasteiger partial charge is 0.442 e. The van der Waals surface area contributed by atoms with E-state index >= 15 is 0 Å². The SMILES string of the molecule is O=C(O)c1cccc(-c2nn(-c3ccc(F)cc3F)c(=O)o2)c1. The molecule has 0 fully saturated rings. The van der Waals surface area contributed by atoms with Gasteiger partial charge in [0.05, 0.1) is 5.56 Å². The number of carboxylic acid groups (broad SMARTS) is 1. The number of hydrogen-bond acceptors (Lipinski definition) is 4. The third-order valence-corrected chi connectivity index (χ3v) is 3.04. The van der Waals surface area contributed by atoms with Crippen LogP contribution in [-0.2, 0) is 0 Å². The van der Waals surface area contributed by atoms with Crippen LogP contribution in [0.5, 0.6) is 0 Å². The summed E-state index contributed by atoms with van der Waals surface area (Å²) in [6.45, 7) is 0. The number of halogens is 2. The standard InChI is InChI=1S/C15H8F2N2O4/c16-10-4-5-12(11(17)7-10)19-15(22)23-13(18-19)8-2-1-3-9(6-8)14(20)21/h1-7H,(H,20,21). The van der Waals surface area contributed by atoms with E-state index in [1.807, 2.05) is 0 Å². The van der Waals surface area contributed by atoms with Crippen LogP contribution in [0.1, 0.15) is 10.4 Å². The molecule has 0 atom stereocenters. The molecular weight excluding hydrogens is 310 g/mol. The van der Waals surface area contributed by atoms with Gasteiger partial charge in [-0.15, -0.1) is 5.10 Å². The average Bonchev–Trinajstić information content (AvgIpc) is 2.89. The van der Waals surface area contributed by atoms with Crippen LogP contribution >= 0.6 is 0 Å². The van der Waals surface area contributed by atoms with Gasteiger partial charge in [0.2, 0.25) is 5.89 Å². The zero-order valence-corrected chi connectivity index (χ0v) is 11.4. The van der Waals surface area contributed by atoms with Crippen LogP contribution in [0.25, 0.3) is 17.1 Å². The Kier molecular flexibility index (Phi) is 3.49. The van der Waals surface area contributed by atoms with Crippen LogP contribution in [-0.4, -0.2) is 20.9 Å². The molecule has 1 N–H and O–H groups in total. The maximum absolute atomic E-state index is 13.7. The molecule has 8 heteroatoms. The second-order valence-electron chi connectivity index (χ2n) is 4.57. The Morgan fingerprint density at radius 2 is 1.96 bits per heavy atom. The van der Waals surface area contributed by atoms with Gasteiger partial charge in [-0.3, -0.25) is 0 Å². The molecule has 0 saturated heterocycles. The van der Waals surface area contributed by atoms with Crippen LogP contribution in [0.3, 0.4) is 0 Å². The number of rotatable bonds is 3. The van der Waals surface area contributed by atoms with Crippen molar-refractivity contribution in [2.75, 3.05) is 0 Å². The maximum atomic E-state index is 13.7. The largest absolute Gasteiger partial charge is 0.478 e. The van der Waals surface area contributed by atoms with Crippen molar-refractivity contribution in [1.82, 2.24) is 9.78 Å². The van der Waals surface area contributed by atoms with Gasteiger partial charge < -0.3 is 9.52 Å². The van der Waals surface area contributed by atoms with Crippen LogP contribution in [0.2, 0.25) is 0 Å². The summed E-state index contributed by atoms with van der Waals surface area (Å²) >= 11 is 0. The molecule has 0 aliphatic heterocycles. The van der Waals surface area contributed by atoms with E-state index in [-0.39, 0.29) is 22.7 Å². The monoisotopic (exact) mass is 318 g/mol. The molecule has 23 heavy (non-hydrogen) atoms. The van der Waals surface area contributed by atoms with Gasteiger partial charge in [-0.2, -0.15) is 4.68 Å². The van der Waals surface area contributed by atoms with Crippen LogP contribution < -0.4 is 5.76 Å². The first-order valence-corrected chi connectivity index (χ1v) is 6.35. The minimum atomic E-state index is -1.15. The summed E-state index contributed by atoms with van der Waals surface area (Å²) in [5.74, 6) is -4.09. The zero-order chi connectivity index (χ0) is 16.6. The van der Waals surface area contributed by atoms with E-state index < -0.39 is 23.4 Å². The Bertz CT molecular complexity index is 962. The van der Waals surface area contributed by atoms with E-state index in [1.165, 1.54) is 24.3 Å². The minimum Gasteiger partial charge on any atom is -0.478 e. The Morgan fingerprint density at radius 1 is 1.17 bits per heavy atom. The number of nitrogens with zero attached hydrogens (tertiary/aromatic N) is 2. The van der Waals surface area contributed by atoms with Gasteiger partial charge in [-0.05, 0) is 30.3 Å². The van der Waals surface area contributed by atoms with Crippen molar-refractivity contribution in [3.05, 3.63) is 70.2 Å². The highest BCUT2D eigenvalue weighted by Crippen LogP contribution is 2.19. The maximum Gasteiger partial charge on any atom is 0.442 e. The lowest BCUT2D eigenvalue weighted by Crippen LogP contribution is -2.15. The Balaban J connectivity index is 2.10.